The van der Waals surface area contributed by atoms with Crippen molar-refractivity contribution < 1.29 is 9.13 Å². The standard InChI is InChI=1S/C15H13FN2OS/c1-9-6-7-10(8-11(9)16)18-12-4-3-5-13(19-2)14(12)17-15(18)20/h3-8H,1-2H3,(H,17,20). The maximum absolute atomic E-state index is 13.8. The van der Waals surface area contributed by atoms with Gasteiger partial charge in [-0.3, -0.25) is 4.57 Å². The van der Waals surface area contributed by atoms with Gasteiger partial charge in [0.05, 0.1) is 18.3 Å². The summed E-state index contributed by atoms with van der Waals surface area (Å²) >= 11 is 5.35. The minimum Gasteiger partial charge on any atom is -0.494 e. The summed E-state index contributed by atoms with van der Waals surface area (Å²) in [6, 6.07) is 10.7. The highest BCUT2D eigenvalue weighted by Crippen LogP contribution is 2.27. The van der Waals surface area contributed by atoms with Gasteiger partial charge in [-0.05, 0) is 49.0 Å². The molecule has 20 heavy (non-hydrogen) atoms. The molecule has 0 atom stereocenters. The second kappa shape index (κ2) is 4.76. The van der Waals surface area contributed by atoms with Gasteiger partial charge >= 0.3 is 0 Å². The van der Waals surface area contributed by atoms with E-state index in [0.29, 0.717) is 21.8 Å². The van der Waals surface area contributed by atoms with E-state index in [4.69, 9.17) is 17.0 Å². The molecule has 0 spiro atoms. The number of aromatic nitrogens is 2. The van der Waals surface area contributed by atoms with E-state index in [2.05, 4.69) is 4.98 Å². The maximum Gasteiger partial charge on any atom is 0.182 e. The number of fused-ring (bicyclic) bond motifs is 1. The van der Waals surface area contributed by atoms with Crippen LogP contribution < -0.4 is 4.74 Å². The Morgan fingerprint density at radius 1 is 1.25 bits per heavy atom. The molecule has 0 unspecified atom stereocenters. The number of para-hydroxylation sites is 1. The SMILES string of the molecule is COc1cccc2c1[nH]c(=S)n2-c1ccc(C)c(F)c1. The summed E-state index contributed by atoms with van der Waals surface area (Å²) in [6.45, 7) is 1.73. The Morgan fingerprint density at radius 2 is 2.05 bits per heavy atom. The Hall–Kier alpha value is -2.14. The van der Waals surface area contributed by atoms with Crippen molar-refractivity contribution in [3.63, 3.8) is 0 Å². The van der Waals surface area contributed by atoms with E-state index in [1.807, 2.05) is 24.3 Å². The quantitative estimate of drug-likeness (QED) is 0.718. The summed E-state index contributed by atoms with van der Waals surface area (Å²) in [5.41, 5.74) is 2.97. The van der Waals surface area contributed by atoms with Crippen molar-refractivity contribution in [1.29, 1.82) is 0 Å². The zero-order valence-corrected chi connectivity index (χ0v) is 11.9. The molecule has 0 radical (unpaired) electrons. The van der Waals surface area contributed by atoms with Crippen LogP contribution in [0, 0.1) is 17.5 Å². The molecule has 5 heteroatoms. The predicted octanol–water partition coefficient (Wildman–Crippen LogP) is 4.14. The van der Waals surface area contributed by atoms with Crippen molar-refractivity contribution in [3.05, 3.63) is 52.5 Å². The first kappa shape index (κ1) is 12.9. The number of H-pyrrole nitrogens is 1. The van der Waals surface area contributed by atoms with Crippen molar-refractivity contribution in [1.82, 2.24) is 9.55 Å². The Kier molecular flexibility index (Phi) is 3.06. The highest BCUT2D eigenvalue weighted by atomic mass is 32.1. The number of rotatable bonds is 2. The lowest BCUT2D eigenvalue weighted by Crippen LogP contribution is -1.96. The molecule has 0 aliphatic heterocycles. The van der Waals surface area contributed by atoms with Crippen LogP contribution >= 0.6 is 12.2 Å². The van der Waals surface area contributed by atoms with Gasteiger partial charge in [0.1, 0.15) is 17.1 Å². The number of hydrogen-bond donors (Lipinski definition) is 1. The zero-order valence-electron chi connectivity index (χ0n) is 11.1. The molecule has 3 rings (SSSR count). The van der Waals surface area contributed by atoms with Crippen molar-refractivity contribution in [3.8, 4) is 11.4 Å². The molecule has 0 saturated heterocycles. The summed E-state index contributed by atoms with van der Waals surface area (Å²) in [6.07, 6.45) is 0. The highest BCUT2D eigenvalue weighted by Gasteiger charge is 2.11. The minimum atomic E-state index is -0.248. The third-order valence-electron chi connectivity index (χ3n) is 3.31. The number of hydrogen-bond acceptors (Lipinski definition) is 2. The molecule has 0 aliphatic rings. The fourth-order valence-corrected chi connectivity index (χ4v) is 2.56. The molecule has 1 aromatic heterocycles. The molecule has 3 aromatic rings. The van der Waals surface area contributed by atoms with Crippen molar-refractivity contribution >= 4 is 23.3 Å². The van der Waals surface area contributed by atoms with Crippen LogP contribution in [-0.4, -0.2) is 16.7 Å². The lowest BCUT2D eigenvalue weighted by molar-refractivity contribution is 0.419. The number of aromatic amines is 1. The lowest BCUT2D eigenvalue weighted by atomic mass is 10.2. The van der Waals surface area contributed by atoms with E-state index in [0.717, 1.165) is 11.0 Å². The van der Waals surface area contributed by atoms with Gasteiger partial charge in [-0.1, -0.05) is 12.1 Å². The summed E-state index contributed by atoms with van der Waals surface area (Å²) < 4.78 is 21.4. The van der Waals surface area contributed by atoms with Crippen LogP contribution in [0.3, 0.4) is 0 Å². The fraction of sp³-hybridized carbons (Fsp3) is 0.133. The average Bonchev–Trinajstić information content (AvgIpc) is 2.78. The van der Waals surface area contributed by atoms with Gasteiger partial charge in [0, 0.05) is 0 Å². The second-order valence-corrected chi connectivity index (χ2v) is 4.94. The maximum atomic E-state index is 13.8. The zero-order chi connectivity index (χ0) is 14.3. The molecule has 1 N–H and O–H groups in total. The molecule has 1 heterocycles. The average molecular weight is 288 g/mol. The molecule has 0 fully saturated rings. The van der Waals surface area contributed by atoms with E-state index in [1.54, 1.807) is 24.7 Å². The molecule has 2 aromatic carbocycles. The molecule has 0 saturated carbocycles. The highest BCUT2D eigenvalue weighted by molar-refractivity contribution is 7.71. The normalized spacial score (nSPS) is 10.9. The molecule has 102 valence electrons. The largest absolute Gasteiger partial charge is 0.494 e. The predicted molar refractivity (Wildman–Crippen MR) is 79.7 cm³/mol. The van der Waals surface area contributed by atoms with Gasteiger partial charge < -0.3 is 9.72 Å². The Morgan fingerprint density at radius 3 is 2.75 bits per heavy atom. The van der Waals surface area contributed by atoms with Crippen molar-refractivity contribution in [2.75, 3.05) is 7.11 Å². The van der Waals surface area contributed by atoms with Gasteiger partial charge in [0.15, 0.2) is 4.77 Å². The topological polar surface area (TPSA) is 29.9 Å². The van der Waals surface area contributed by atoms with E-state index in [1.165, 1.54) is 6.07 Å². The molecule has 0 bridgehead atoms. The van der Waals surface area contributed by atoms with Crippen LogP contribution in [0.1, 0.15) is 5.56 Å². The summed E-state index contributed by atoms with van der Waals surface area (Å²) in [4.78, 5) is 3.11. The molecule has 0 amide bonds. The van der Waals surface area contributed by atoms with E-state index < -0.39 is 0 Å². The first-order valence-electron chi connectivity index (χ1n) is 6.16. The number of halogens is 1. The van der Waals surface area contributed by atoms with Crippen LogP contribution in [0.2, 0.25) is 0 Å². The van der Waals surface area contributed by atoms with Crippen LogP contribution in [0.25, 0.3) is 16.7 Å². The van der Waals surface area contributed by atoms with Gasteiger partial charge in [0.2, 0.25) is 0 Å². The number of nitrogens with one attached hydrogen (secondary N) is 1. The van der Waals surface area contributed by atoms with Crippen LogP contribution in [0.5, 0.6) is 5.75 Å². The van der Waals surface area contributed by atoms with Gasteiger partial charge in [-0.15, -0.1) is 0 Å². The first-order valence-corrected chi connectivity index (χ1v) is 6.57. The number of methoxy groups -OCH3 is 1. The number of nitrogens with zero attached hydrogens (tertiary/aromatic N) is 1. The van der Waals surface area contributed by atoms with Crippen LogP contribution in [0.15, 0.2) is 36.4 Å². The number of ether oxygens (including phenoxy) is 1. The lowest BCUT2D eigenvalue weighted by Gasteiger charge is -2.07. The molecular weight excluding hydrogens is 275 g/mol. The Balaban J connectivity index is 2.33. The number of benzene rings is 2. The molecule has 3 nitrogen and oxygen atoms in total. The summed E-state index contributed by atoms with van der Waals surface area (Å²) in [5.74, 6) is 0.460. The van der Waals surface area contributed by atoms with E-state index in [-0.39, 0.29) is 5.82 Å². The van der Waals surface area contributed by atoms with E-state index >= 15 is 0 Å². The minimum absolute atomic E-state index is 0.248. The monoisotopic (exact) mass is 288 g/mol. The first-order chi connectivity index (χ1) is 9.61. The van der Waals surface area contributed by atoms with Crippen molar-refractivity contribution in [2.45, 2.75) is 6.92 Å². The van der Waals surface area contributed by atoms with Gasteiger partial charge in [0.25, 0.3) is 0 Å². The summed E-state index contributed by atoms with van der Waals surface area (Å²) in [5, 5.41) is 0. The Labute approximate surface area is 120 Å². The molecule has 0 aliphatic carbocycles. The van der Waals surface area contributed by atoms with Gasteiger partial charge in [-0.25, -0.2) is 4.39 Å². The third-order valence-corrected chi connectivity index (χ3v) is 3.60. The van der Waals surface area contributed by atoms with Crippen LogP contribution in [0.4, 0.5) is 4.39 Å². The van der Waals surface area contributed by atoms with Gasteiger partial charge in [-0.2, -0.15) is 0 Å². The number of aryl methyl sites for hydroxylation is 1. The van der Waals surface area contributed by atoms with E-state index in [9.17, 15) is 4.39 Å². The van der Waals surface area contributed by atoms with Crippen LogP contribution in [-0.2, 0) is 0 Å². The molecular formula is C15H13FN2OS. The third kappa shape index (κ3) is 1.91. The second-order valence-electron chi connectivity index (χ2n) is 4.55. The van der Waals surface area contributed by atoms with Crippen molar-refractivity contribution in [2.24, 2.45) is 0 Å². The summed E-state index contributed by atoms with van der Waals surface area (Å²) in [7, 11) is 1.61. The fourth-order valence-electron chi connectivity index (χ4n) is 2.25. The number of imidazole rings is 1. The smallest absolute Gasteiger partial charge is 0.182 e. The Bertz CT molecular complexity index is 851.